The third kappa shape index (κ3) is 4.54. The van der Waals surface area contributed by atoms with Crippen LogP contribution in [-0.4, -0.2) is 42.3 Å². The van der Waals surface area contributed by atoms with Crippen LogP contribution in [0.25, 0.3) is 0 Å². The van der Waals surface area contributed by atoms with Gasteiger partial charge in [-0.05, 0) is 35.9 Å². The van der Waals surface area contributed by atoms with Gasteiger partial charge in [-0.2, -0.15) is 0 Å². The molecular formula is C16H19ClN2O5S2. The first-order valence-electron chi connectivity index (χ1n) is 7.42. The van der Waals surface area contributed by atoms with Crippen LogP contribution in [0.15, 0.2) is 52.3 Å². The van der Waals surface area contributed by atoms with Crippen LogP contribution in [0.2, 0.25) is 5.02 Å². The summed E-state index contributed by atoms with van der Waals surface area (Å²) in [5.74, 6) is 0.175. The predicted octanol–water partition coefficient (Wildman–Crippen LogP) is 2.08. The first-order chi connectivity index (χ1) is 12.1. The number of nitrogens with one attached hydrogen (secondary N) is 1. The fourth-order valence-electron chi connectivity index (χ4n) is 2.11. The second-order valence-electron chi connectivity index (χ2n) is 5.55. The van der Waals surface area contributed by atoms with Crippen LogP contribution in [0.3, 0.4) is 0 Å². The smallest absolute Gasteiger partial charge is 0.244 e. The first kappa shape index (κ1) is 20.7. The van der Waals surface area contributed by atoms with Crippen molar-refractivity contribution in [2.75, 3.05) is 21.2 Å². The minimum Gasteiger partial charge on any atom is -0.495 e. The molecule has 0 aliphatic carbocycles. The molecule has 0 fully saturated rings. The first-order valence-corrected chi connectivity index (χ1v) is 10.7. The van der Waals surface area contributed by atoms with Gasteiger partial charge in [0.05, 0.1) is 12.0 Å². The summed E-state index contributed by atoms with van der Waals surface area (Å²) in [6.07, 6.45) is 0. The van der Waals surface area contributed by atoms with E-state index in [-0.39, 0.29) is 27.1 Å². The number of nitrogens with zero attached hydrogens (tertiary/aromatic N) is 1. The Kier molecular flexibility index (Phi) is 6.30. The molecule has 0 aliphatic heterocycles. The molecule has 0 saturated carbocycles. The monoisotopic (exact) mass is 418 g/mol. The largest absolute Gasteiger partial charge is 0.495 e. The van der Waals surface area contributed by atoms with Crippen molar-refractivity contribution in [3.63, 3.8) is 0 Å². The van der Waals surface area contributed by atoms with Gasteiger partial charge < -0.3 is 4.74 Å². The van der Waals surface area contributed by atoms with E-state index < -0.39 is 20.0 Å². The molecule has 0 heterocycles. The molecule has 0 aliphatic rings. The van der Waals surface area contributed by atoms with Gasteiger partial charge in [-0.1, -0.05) is 23.7 Å². The molecule has 0 spiro atoms. The highest BCUT2D eigenvalue weighted by Crippen LogP contribution is 2.27. The number of hydrogen-bond acceptors (Lipinski definition) is 5. The molecule has 0 atom stereocenters. The summed E-state index contributed by atoms with van der Waals surface area (Å²) in [5, 5.41) is 0.268. The van der Waals surface area contributed by atoms with Gasteiger partial charge in [0.15, 0.2) is 0 Å². The van der Waals surface area contributed by atoms with Crippen LogP contribution < -0.4 is 9.46 Å². The predicted molar refractivity (Wildman–Crippen MR) is 99.3 cm³/mol. The van der Waals surface area contributed by atoms with E-state index in [2.05, 4.69) is 4.72 Å². The Labute approximate surface area is 158 Å². The number of rotatable bonds is 7. The van der Waals surface area contributed by atoms with Crippen LogP contribution in [0.1, 0.15) is 5.56 Å². The molecule has 7 nitrogen and oxygen atoms in total. The second kappa shape index (κ2) is 7.93. The van der Waals surface area contributed by atoms with Gasteiger partial charge in [0.1, 0.15) is 10.6 Å². The highest BCUT2D eigenvalue weighted by molar-refractivity contribution is 7.89. The maximum absolute atomic E-state index is 12.5. The zero-order chi connectivity index (χ0) is 19.5. The van der Waals surface area contributed by atoms with E-state index in [0.717, 1.165) is 4.31 Å². The van der Waals surface area contributed by atoms with E-state index in [1.807, 2.05) is 0 Å². The molecule has 2 aromatic carbocycles. The molecule has 0 bridgehead atoms. The van der Waals surface area contributed by atoms with Gasteiger partial charge in [-0.3, -0.25) is 0 Å². The summed E-state index contributed by atoms with van der Waals surface area (Å²) in [5.41, 5.74) is 0.604. The van der Waals surface area contributed by atoms with Gasteiger partial charge in [0, 0.05) is 25.7 Å². The quantitative estimate of drug-likeness (QED) is 0.743. The molecule has 1 N–H and O–H groups in total. The highest BCUT2D eigenvalue weighted by atomic mass is 35.5. The standard InChI is InChI=1S/C16H19ClN2O5S2/c1-19(2)26(22,23)14-7-4-12(5-8-14)11-18-25(20,21)16-10-13(17)6-9-15(16)24-3/h4-10,18H,11H2,1-3H3. The third-order valence-corrected chi connectivity index (χ3v) is 7.07. The Bertz CT molecular complexity index is 988. The molecule has 0 saturated heterocycles. The van der Waals surface area contributed by atoms with Crippen molar-refractivity contribution >= 4 is 31.6 Å². The number of halogens is 1. The van der Waals surface area contributed by atoms with E-state index in [9.17, 15) is 16.8 Å². The lowest BCUT2D eigenvalue weighted by Gasteiger charge is -2.13. The molecule has 10 heteroatoms. The van der Waals surface area contributed by atoms with Crippen molar-refractivity contribution in [2.24, 2.45) is 0 Å². The molecular weight excluding hydrogens is 400 g/mol. The minimum atomic E-state index is -3.86. The van der Waals surface area contributed by atoms with Gasteiger partial charge in [0.2, 0.25) is 20.0 Å². The van der Waals surface area contributed by atoms with Gasteiger partial charge in [-0.15, -0.1) is 0 Å². The minimum absolute atomic E-state index is 0.0136. The van der Waals surface area contributed by atoms with Crippen molar-refractivity contribution in [3.05, 3.63) is 53.1 Å². The molecule has 0 radical (unpaired) electrons. The lowest BCUT2D eigenvalue weighted by molar-refractivity contribution is 0.402. The lowest BCUT2D eigenvalue weighted by atomic mass is 10.2. The SMILES string of the molecule is COc1ccc(Cl)cc1S(=O)(=O)NCc1ccc(S(=O)(=O)N(C)C)cc1. The summed E-state index contributed by atoms with van der Waals surface area (Å²) in [4.78, 5) is 0.0601. The van der Waals surface area contributed by atoms with E-state index in [1.165, 1.54) is 51.5 Å². The number of methoxy groups -OCH3 is 1. The number of benzene rings is 2. The summed E-state index contributed by atoms with van der Waals surface area (Å²) in [6, 6.07) is 10.3. The summed E-state index contributed by atoms with van der Waals surface area (Å²) >= 11 is 5.87. The van der Waals surface area contributed by atoms with Gasteiger partial charge in [0.25, 0.3) is 0 Å². The Morgan fingerprint density at radius 2 is 1.65 bits per heavy atom. The highest BCUT2D eigenvalue weighted by Gasteiger charge is 2.20. The Hall–Kier alpha value is -1.65. The Morgan fingerprint density at radius 3 is 2.19 bits per heavy atom. The van der Waals surface area contributed by atoms with Crippen molar-refractivity contribution in [3.8, 4) is 5.75 Å². The fourth-order valence-corrected chi connectivity index (χ4v) is 4.46. The van der Waals surface area contributed by atoms with Crippen LogP contribution >= 0.6 is 11.6 Å². The number of hydrogen-bond donors (Lipinski definition) is 1. The fraction of sp³-hybridized carbons (Fsp3) is 0.250. The lowest BCUT2D eigenvalue weighted by Crippen LogP contribution is -2.24. The van der Waals surface area contributed by atoms with Crippen molar-refractivity contribution in [2.45, 2.75) is 16.3 Å². The number of sulfonamides is 2. The Morgan fingerprint density at radius 1 is 1.04 bits per heavy atom. The van der Waals surface area contributed by atoms with E-state index in [1.54, 1.807) is 12.1 Å². The molecule has 26 heavy (non-hydrogen) atoms. The van der Waals surface area contributed by atoms with E-state index in [4.69, 9.17) is 16.3 Å². The van der Waals surface area contributed by atoms with Crippen LogP contribution in [0.4, 0.5) is 0 Å². The molecule has 2 aromatic rings. The number of ether oxygens (including phenoxy) is 1. The molecule has 2 rings (SSSR count). The average molecular weight is 419 g/mol. The third-order valence-electron chi connectivity index (χ3n) is 3.58. The van der Waals surface area contributed by atoms with Crippen molar-refractivity contribution < 1.29 is 21.6 Å². The zero-order valence-corrected chi connectivity index (χ0v) is 16.8. The maximum Gasteiger partial charge on any atom is 0.244 e. The average Bonchev–Trinajstić information content (AvgIpc) is 2.60. The van der Waals surface area contributed by atoms with Crippen molar-refractivity contribution in [1.82, 2.24) is 9.03 Å². The molecule has 0 amide bonds. The summed E-state index contributed by atoms with van der Waals surface area (Å²) < 4.78 is 57.7. The van der Waals surface area contributed by atoms with E-state index >= 15 is 0 Å². The van der Waals surface area contributed by atoms with E-state index in [0.29, 0.717) is 5.56 Å². The molecule has 0 unspecified atom stereocenters. The second-order valence-corrected chi connectivity index (χ2v) is 9.87. The normalized spacial score (nSPS) is 12.3. The van der Waals surface area contributed by atoms with Gasteiger partial charge in [-0.25, -0.2) is 25.9 Å². The Balaban J connectivity index is 2.20. The van der Waals surface area contributed by atoms with Crippen LogP contribution in [-0.2, 0) is 26.6 Å². The topological polar surface area (TPSA) is 92.8 Å². The zero-order valence-electron chi connectivity index (χ0n) is 14.4. The summed E-state index contributed by atoms with van der Waals surface area (Å²) in [6.45, 7) is -0.0136. The molecule has 142 valence electrons. The van der Waals surface area contributed by atoms with Crippen LogP contribution in [0, 0.1) is 0 Å². The molecule has 0 aromatic heterocycles. The van der Waals surface area contributed by atoms with Crippen LogP contribution in [0.5, 0.6) is 5.75 Å². The van der Waals surface area contributed by atoms with Crippen molar-refractivity contribution in [1.29, 1.82) is 0 Å². The maximum atomic E-state index is 12.5. The van der Waals surface area contributed by atoms with Gasteiger partial charge >= 0.3 is 0 Å². The summed E-state index contributed by atoms with van der Waals surface area (Å²) in [7, 11) is -3.14.